The number of nitrogens with one attached hydrogen (secondary N) is 3. The maximum Gasteiger partial charge on any atom is 0.279 e. The number of amides is 2. The first-order valence-corrected chi connectivity index (χ1v) is 9.42. The lowest BCUT2D eigenvalue weighted by atomic mass is 10.0. The summed E-state index contributed by atoms with van der Waals surface area (Å²) in [6.45, 7) is 3.14. The van der Waals surface area contributed by atoms with Gasteiger partial charge < -0.3 is 15.5 Å². The zero-order chi connectivity index (χ0) is 18.9. The molecule has 0 heterocycles. The molecule has 0 aliphatic carbocycles. The van der Waals surface area contributed by atoms with Gasteiger partial charge in [-0.15, -0.1) is 0 Å². The van der Waals surface area contributed by atoms with E-state index < -0.39 is 0 Å². The number of halogens is 1. The van der Waals surface area contributed by atoms with Crippen LogP contribution in [0.2, 0.25) is 0 Å². The normalized spacial score (nSPS) is 12.9. The zero-order valence-corrected chi connectivity index (χ0v) is 16.7. The Balaban J connectivity index is 1.73. The van der Waals surface area contributed by atoms with Crippen molar-refractivity contribution in [3.05, 3.63) is 64.6 Å². The summed E-state index contributed by atoms with van der Waals surface area (Å²) in [6.07, 6.45) is 0. The third kappa shape index (κ3) is 6.61. The number of quaternary nitrogens is 1. The number of likely N-dealkylation sites (N-methyl/N-ethyl adjacent to an activating group) is 1. The maximum atomic E-state index is 12.1. The summed E-state index contributed by atoms with van der Waals surface area (Å²) < 4.78 is 0.832. The first-order chi connectivity index (χ1) is 12.5. The Bertz CT molecular complexity index is 737. The molecule has 0 bridgehead atoms. The number of hydrogen-bond acceptors (Lipinski definition) is 2. The molecule has 6 heteroatoms. The molecule has 3 N–H and O–H groups in total. The second-order valence-electron chi connectivity index (χ2n) is 6.45. The van der Waals surface area contributed by atoms with Gasteiger partial charge >= 0.3 is 0 Å². The van der Waals surface area contributed by atoms with Gasteiger partial charge in [-0.05, 0) is 39.5 Å². The Morgan fingerprint density at radius 2 is 1.62 bits per heavy atom. The van der Waals surface area contributed by atoms with Crippen LogP contribution in [0, 0.1) is 0 Å². The van der Waals surface area contributed by atoms with E-state index in [1.807, 2.05) is 49.5 Å². The van der Waals surface area contributed by atoms with Crippen molar-refractivity contribution >= 4 is 33.4 Å². The predicted molar refractivity (Wildman–Crippen MR) is 107 cm³/mol. The number of benzene rings is 2. The van der Waals surface area contributed by atoms with Crippen molar-refractivity contribution in [3.63, 3.8) is 0 Å². The van der Waals surface area contributed by atoms with Crippen molar-refractivity contribution in [2.24, 2.45) is 0 Å². The van der Waals surface area contributed by atoms with E-state index >= 15 is 0 Å². The molecule has 2 aromatic rings. The van der Waals surface area contributed by atoms with Crippen LogP contribution in [0.15, 0.2) is 59.1 Å². The van der Waals surface area contributed by atoms with Crippen LogP contribution in [-0.2, 0) is 9.59 Å². The molecule has 26 heavy (non-hydrogen) atoms. The molecule has 0 saturated heterocycles. The molecule has 5 nitrogen and oxygen atoms in total. The highest BCUT2D eigenvalue weighted by Gasteiger charge is 2.15. The van der Waals surface area contributed by atoms with Crippen LogP contribution < -0.4 is 15.5 Å². The predicted octanol–water partition coefficient (Wildman–Crippen LogP) is 1.82. The van der Waals surface area contributed by atoms with Gasteiger partial charge in [-0.1, -0.05) is 49.4 Å². The monoisotopic (exact) mass is 418 g/mol. The molecule has 2 atom stereocenters. The van der Waals surface area contributed by atoms with Crippen molar-refractivity contribution in [1.82, 2.24) is 5.32 Å². The summed E-state index contributed by atoms with van der Waals surface area (Å²) in [6, 6.07) is 17.5. The van der Waals surface area contributed by atoms with Crippen molar-refractivity contribution in [1.29, 1.82) is 0 Å². The van der Waals surface area contributed by atoms with E-state index in [0.717, 1.165) is 15.1 Å². The van der Waals surface area contributed by atoms with E-state index in [9.17, 15) is 9.59 Å². The second kappa shape index (κ2) is 10.1. The van der Waals surface area contributed by atoms with Crippen LogP contribution in [-0.4, -0.2) is 38.5 Å². The quantitative estimate of drug-likeness (QED) is 0.612. The minimum atomic E-state index is -0.125. The minimum absolute atomic E-state index is 0.0565. The molecule has 138 valence electrons. The van der Waals surface area contributed by atoms with E-state index in [2.05, 4.69) is 45.6 Å². The Morgan fingerprint density at radius 1 is 1.00 bits per heavy atom. The van der Waals surface area contributed by atoms with Crippen molar-refractivity contribution in [3.8, 4) is 0 Å². The van der Waals surface area contributed by atoms with E-state index in [4.69, 9.17) is 0 Å². The molecule has 0 radical (unpaired) electrons. The maximum absolute atomic E-state index is 12.1. The van der Waals surface area contributed by atoms with Crippen LogP contribution in [0.25, 0.3) is 0 Å². The van der Waals surface area contributed by atoms with Crippen molar-refractivity contribution in [2.45, 2.75) is 12.8 Å². The largest absolute Gasteiger partial charge is 0.351 e. The smallest absolute Gasteiger partial charge is 0.279 e. The van der Waals surface area contributed by atoms with Crippen molar-refractivity contribution in [2.75, 3.05) is 32.0 Å². The van der Waals surface area contributed by atoms with Gasteiger partial charge in [0.05, 0.1) is 12.7 Å². The number of carbonyl (C=O) groups excluding carboxylic acids is 2. The zero-order valence-electron chi connectivity index (χ0n) is 15.1. The third-order valence-corrected chi connectivity index (χ3v) is 4.74. The molecular weight excluding hydrogens is 394 g/mol. The molecule has 0 aliphatic heterocycles. The lowest BCUT2D eigenvalue weighted by Gasteiger charge is -2.16. The highest BCUT2D eigenvalue weighted by Crippen LogP contribution is 2.20. The van der Waals surface area contributed by atoms with Crippen LogP contribution in [0.1, 0.15) is 18.4 Å². The number of rotatable bonds is 8. The summed E-state index contributed by atoms with van der Waals surface area (Å²) in [5, 5.41) is 5.79. The lowest BCUT2D eigenvalue weighted by Crippen LogP contribution is -3.11. The molecule has 0 fully saturated rings. The average molecular weight is 419 g/mol. The average Bonchev–Trinajstić information content (AvgIpc) is 2.62. The standard InChI is InChI=1S/C20H24BrN3O2/c1-15(16-8-4-3-5-9-16)12-22-19(25)13-24(2)14-20(26)23-18-11-7-6-10-17(18)21/h3-11,15H,12-14H2,1-2H3,(H,22,25)(H,23,26)/p+1/t15-/m0/s1. The van der Waals surface area contributed by atoms with Gasteiger partial charge in [0, 0.05) is 11.0 Å². The van der Waals surface area contributed by atoms with Crippen LogP contribution in [0.3, 0.4) is 0 Å². The van der Waals surface area contributed by atoms with E-state index in [-0.39, 0.29) is 30.8 Å². The van der Waals surface area contributed by atoms with Gasteiger partial charge in [-0.2, -0.15) is 0 Å². The summed E-state index contributed by atoms with van der Waals surface area (Å²) in [4.78, 5) is 25.1. The number of para-hydroxylation sites is 1. The van der Waals surface area contributed by atoms with E-state index in [0.29, 0.717) is 6.54 Å². The Hall–Kier alpha value is -2.18. The second-order valence-corrected chi connectivity index (χ2v) is 7.31. The molecule has 2 aromatic carbocycles. The molecule has 0 aliphatic rings. The Kier molecular flexibility index (Phi) is 7.81. The number of carbonyl (C=O) groups is 2. The number of anilines is 1. The summed E-state index contributed by atoms with van der Waals surface area (Å²) in [5.74, 6) is 0.0676. The van der Waals surface area contributed by atoms with Crippen LogP contribution in [0.5, 0.6) is 0 Å². The highest BCUT2D eigenvalue weighted by molar-refractivity contribution is 9.10. The SMILES string of the molecule is C[C@@H](CNC(=O)C[NH+](C)CC(=O)Nc1ccccc1Br)c1ccccc1. The molecule has 2 rings (SSSR count). The van der Waals surface area contributed by atoms with E-state index in [1.165, 1.54) is 5.56 Å². The number of hydrogen-bond donors (Lipinski definition) is 3. The molecule has 1 unspecified atom stereocenters. The molecule has 2 amide bonds. The van der Waals surface area contributed by atoms with Crippen LogP contribution in [0.4, 0.5) is 5.69 Å². The Labute approximate surface area is 162 Å². The molecular formula is C20H25BrN3O2+. The fourth-order valence-electron chi connectivity index (χ4n) is 2.60. The molecule has 0 saturated carbocycles. The Morgan fingerprint density at radius 3 is 2.31 bits per heavy atom. The summed E-state index contributed by atoms with van der Waals surface area (Å²) in [5.41, 5.74) is 1.92. The van der Waals surface area contributed by atoms with Gasteiger partial charge in [-0.25, -0.2) is 0 Å². The van der Waals surface area contributed by atoms with Gasteiger partial charge in [0.15, 0.2) is 13.1 Å². The molecule has 0 spiro atoms. The van der Waals surface area contributed by atoms with Gasteiger partial charge in [-0.3, -0.25) is 9.59 Å². The minimum Gasteiger partial charge on any atom is -0.351 e. The first-order valence-electron chi connectivity index (χ1n) is 8.63. The van der Waals surface area contributed by atoms with Gasteiger partial charge in [0.25, 0.3) is 11.8 Å². The molecule has 0 aromatic heterocycles. The van der Waals surface area contributed by atoms with Gasteiger partial charge in [0.1, 0.15) is 0 Å². The van der Waals surface area contributed by atoms with Gasteiger partial charge in [0.2, 0.25) is 0 Å². The fraction of sp³-hybridized carbons (Fsp3) is 0.300. The highest BCUT2D eigenvalue weighted by atomic mass is 79.9. The summed E-state index contributed by atoms with van der Waals surface area (Å²) >= 11 is 3.40. The topological polar surface area (TPSA) is 62.6 Å². The fourth-order valence-corrected chi connectivity index (χ4v) is 2.98. The van der Waals surface area contributed by atoms with Crippen molar-refractivity contribution < 1.29 is 14.5 Å². The lowest BCUT2D eigenvalue weighted by molar-refractivity contribution is -0.862. The third-order valence-electron chi connectivity index (χ3n) is 4.05. The van der Waals surface area contributed by atoms with E-state index in [1.54, 1.807) is 0 Å². The van der Waals surface area contributed by atoms with Crippen LogP contribution >= 0.6 is 15.9 Å². The summed E-state index contributed by atoms with van der Waals surface area (Å²) in [7, 11) is 1.83. The first kappa shape index (κ1) is 20.1.